The molecule has 0 saturated carbocycles. The molecule has 19 heavy (non-hydrogen) atoms. The standard InChI is InChI=1S/C15H17N3O/c1-4-8-18-10-17-14(15(18)16)12-6-5-7-13(9-12)19-11(2)3/h1,5-7,9-11H,8,16H2,2-3H3. The second-order valence-corrected chi connectivity index (χ2v) is 4.50. The van der Waals surface area contributed by atoms with Gasteiger partial charge in [-0.3, -0.25) is 0 Å². The molecule has 2 N–H and O–H groups in total. The number of nitrogen functional groups attached to an aromatic ring is 1. The van der Waals surface area contributed by atoms with Crippen LogP contribution in [0.5, 0.6) is 5.75 Å². The number of nitrogens with two attached hydrogens (primary N) is 1. The zero-order chi connectivity index (χ0) is 13.8. The van der Waals surface area contributed by atoms with E-state index in [4.69, 9.17) is 16.9 Å². The van der Waals surface area contributed by atoms with Crippen molar-refractivity contribution in [1.29, 1.82) is 0 Å². The topological polar surface area (TPSA) is 53.1 Å². The zero-order valence-electron chi connectivity index (χ0n) is 11.1. The van der Waals surface area contributed by atoms with E-state index in [1.165, 1.54) is 0 Å². The van der Waals surface area contributed by atoms with Gasteiger partial charge in [0.25, 0.3) is 0 Å². The number of terminal acetylenes is 1. The molecule has 0 saturated heterocycles. The van der Waals surface area contributed by atoms with Crippen LogP contribution in [0.15, 0.2) is 30.6 Å². The van der Waals surface area contributed by atoms with E-state index in [-0.39, 0.29) is 6.10 Å². The fourth-order valence-corrected chi connectivity index (χ4v) is 1.83. The summed E-state index contributed by atoms with van der Waals surface area (Å²) in [7, 11) is 0. The van der Waals surface area contributed by atoms with Crippen molar-refractivity contribution >= 4 is 5.82 Å². The van der Waals surface area contributed by atoms with Crippen LogP contribution in [0.4, 0.5) is 5.82 Å². The van der Waals surface area contributed by atoms with Gasteiger partial charge in [-0.1, -0.05) is 18.1 Å². The molecule has 98 valence electrons. The highest BCUT2D eigenvalue weighted by atomic mass is 16.5. The third-order valence-corrected chi connectivity index (χ3v) is 2.62. The van der Waals surface area contributed by atoms with Crippen LogP contribution in [0.3, 0.4) is 0 Å². The van der Waals surface area contributed by atoms with Crippen LogP contribution in [0.2, 0.25) is 0 Å². The fourth-order valence-electron chi connectivity index (χ4n) is 1.83. The van der Waals surface area contributed by atoms with Crippen LogP contribution in [0, 0.1) is 12.3 Å². The minimum absolute atomic E-state index is 0.131. The van der Waals surface area contributed by atoms with Crippen LogP contribution < -0.4 is 10.5 Å². The molecule has 4 nitrogen and oxygen atoms in total. The van der Waals surface area contributed by atoms with Gasteiger partial charge in [0, 0.05) is 5.56 Å². The predicted octanol–water partition coefficient (Wildman–Crippen LogP) is 2.55. The van der Waals surface area contributed by atoms with Gasteiger partial charge in [-0.15, -0.1) is 6.42 Å². The highest BCUT2D eigenvalue weighted by Crippen LogP contribution is 2.27. The van der Waals surface area contributed by atoms with E-state index in [1.807, 2.05) is 38.1 Å². The summed E-state index contributed by atoms with van der Waals surface area (Å²) in [4.78, 5) is 4.31. The van der Waals surface area contributed by atoms with Crippen LogP contribution in [0.25, 0.3) is 11.3 Å². The number of hydrogen-bond acceptors (Lipinski definition) is 3. The molecule has 2 aromatic rings. The summed E-state index contributed by atoms with van der Waals surface area (Å²) in [6.45, 7) is 4.40. The average molecular weight is 255 g/mol. The third-order valence-electron chi connectivity index (χ3n) is 2.62. The number of benzene rings is 1. The highest BCUT2D eigenvalue weighted by molar-refractivity contribution is 5.71. The molecule has 0 fully saturated rings. The van der Waals surface area contributed by atoms with Crippen LogP contribution >= 0.6 is 0 Å². The van der Waals surface area contributed by atoms with Crippen molar-refractivity contribution in [2.24, 2.45) is 0 Å². The maximum atomic E-state index is 6.04. The maximum absolute atomic E-state index is 6.04. The molecule has 1 aromatic carbocycles. The molecule has 1 aromatic heterocycles. The quantitative estimate of drug-likeness (QED) is 0.854. The van der Waals surface area contributed by atoms with E-state index in [0.29, 0.717) is 12.4 Å². The zero-order valence-corrected chi connectivity index (χ0v) is 11.1. The van der Waals surface area contributed by atoms with Crippen molar-refractivity contribution in [1.82, 2.24) is 9.55 Å². The molecule has 1 heterocycles. The van der Waals surface area contributed by atoms with Gasteiger partial charge < -0.3 is 15.0 Å². The van der Waals surface area contributed by atoms with Gasteiger partial charge in [-0.25, -0.2) is 4.98 Å². The summed E-state index contributed by atoms with van der Waals surface area (Å²) in [6.07, 6.45) is 7.07. The Labute approximate surface area is 113 Å². The molecule has 0 atom stereocenters. The second kappa shape index (κ2) is 5.49. The Kier molecular flexibility index (Phi) is 3.76. The Morgan fingerprint density at radius 3 is 2.95 bits per heavy atom. The Morgan fingerprint density at radius 1 is 1.47 bits per heavy atom. The number of aromatic nitrogens is 2. The monoisotopic (exact) mass is 255 g/mol. The molecule has 0 aliphatic rings. The molecule has 0 amide bonds. The van der Waals surface area contributed by atoms with Crippen molar-refractivity contribution in [3.63, 3.8) is 0 Å². The highest BCUT2D eigenvalue weighted by Gasteiger charge is 2.10. The largest absolute Gasteiger partial charge is 0.491 e. The molecule has 0 aliphatic carbocycles. The lowest BCUT2D eigenvalue weighted by molar-refractivity contribution is 0.242. The van der Waals surface area contributed by atoms with Crippen LogP contribution in [0.1, 0.15) is 13.8 Å². The molecule has 2 rings (SSSR count). The normalized spacial score (nSPS) is 10.4. The molecule has 4 heteroatoms. The molecule has 0 bridgehead atoms. The number of hydrogen-bond donors (Lipinski definition) is 1. The number of rotatable bonds is 4. The van der Waals surface area contributed by atoms with Crippen molar-refractivity contribution in [3.05, 3.63) is 30.6 Å². The first-order valence-corrected chi connectivity index (χ1v) is 6.13. The van der Waals surface area contributed by atoms with Crippen molar-refractivity contribution in [2.75, 3.05) is 5.73 Å². The van der Waals surface area contributed by atoms with Gasteiger partial charge in [-0.05, 0) is 26.0 Å². The lowest BCUT2D eigenvalue weighted by Gasteiger charge is -2.10. The van der Waals surface area contributed by atoms with Crippen molar-refractivity contribution in [3.8, 4) is 29.4 Å². The van der Waals surface area contributed by atoms with Crippen LogP contribution in [-0.2, 0) is 6.54 Å². The number of ether oxygens (including phenoxy) is 1. The summed E-state index contributed by atoms with van der Waals surface area (Å²) in [5.41, 5.74) is 7.69. The van der Waals surface area contributed by atoms with Gasteiger partial charge >= 0.3 is 0 Å². The summed E-state index contributed by atoms with van der Waals surface area (Å²) in [6, 6.07) is 7.72. The van der Waals surface area contributed by atoms with Crippen LogP contribution in [-0.4, -0.2) is 15.7 Å². The summed E-state index contributed by atoms with van der Waals surface area (Å²) < 4.78 is 7.40. The first-order chi connectivity index (χ1) is 9.11. The van der Waals surface area contributed by atoms with E-state index in [0.717, 1.165) is 17.0 Å². The first kappa shape index (κ1) is 13.0. The molecule has 0 spiro atoms. The third kappa shape index (κ3) is 2.89. The number of nitrogens with zero attached hydrogens (tertiary/aromatic N) is 2. The molecule has 0 aliphatic heterocycles. The number of anilines is 1. The Bertz CT molecular complexity index is 608. The summed E-state index contributed by atoms with van der Waals surface area (Å²) in [5, 5.41) is 0. The molecule has 0 unspecified atom stereocenters. The number of imidazole rings is 1. The smallest absolute Gasteiger partial charge is 0.132 e. The lowest BCUT2D eigenvalue weighted by Crippen LogP contribution is -2.05. The molecular weight excluding hydrogens is 238 g/mol. The van der Waals surface area contributed by atoms with Gasteiger partial charge in [0.05, 0.1) is 19.0 Å². The van der Waals surface area contributed by atoms with E-state index in [2.05, 4.69) is 10.9 Å². The summed E-state index contributed by atoms with van der Waals surface area (Å²) in [5.74, 6) is 3.92. The predicted molar refractivity (Wildman–Crippen MR) is 76.7 cm³/mol. The Morgan fingerprint density at radius 2 is 2.26 bits per heavy atom. The fraction of sp³-hybridized carbons (Fsp3) is 0.267. The summed E-state index contributed by atoms with van der Waals surface area (Å²) >= 11 is 0. The van der Waals surface area contributed by atoms with Gasteiger partial charge in [0.2, 0.25) is 0 Å². The first-order valence-electron chi connectivity index (χ1n) is 6.13. The van der Waals surface area contributed by atoms with Crippen molar-refractivity contribution < 1.29 is 4.74 Å². The van der Waals surface area contributed by atoms with E-state index < -0.39 is 0 Å². The van der Waals surface area contributed by atoms with Gasteiger partial charge in [-0.2, -0.15) is 0 Å². The molecular formula is C15H17N3O. The molecule has 0 radical (unpaired) electrons. The lowest BCUT2D eigenvalue weighted by atomic mass is 10.1. The van der Waals surface area contributed by atoms with Gasteiger partial charge in [0.15, 0.2) is 0 Å². The minimum Gasteiger partial charge on any atom is -0.491 e. The Balaban J connectivity index is 2.34. The van der Waals surface area contributed by atoms with E-state index in [1.54, 1.807) is 10.9 Å². The van der Waals surface area contributed by atoms with Gasteiger partial charge in [0.1, 0.15) is 17.3 Å². The van der Waals surface area contributed by atoms with E-state index in [9.17, 15) is 0 Å². The Hall–Kier alpha value is -2.41. The maximum Gasteiger partial charge on any atom is 0.132 e. The minimum atomic E-state index is 0.131. The second-order valence-electron chi connectivity index (χ2n) is 4.50. The SMILES string of the molecule is C#CCn1cnc(-c2cccc(OC(C)C)c2)c1N. The average Bonchev–Trinajstić information content (AvgIpc) is 2.71. The van der Waals surface area contributed by atoms with E-state index >= 15 is 0 Å². The van der Waals surface area contributed by atoms with Crippen molar-refractivity contribution in [2.45, 2.75) is 26.5 Å².